The Morgan fingerprint density at radius 3 is 2.42 bits per heavy atom. The Labute approximate surface area is 152 Å². The first kappa shape index (κ1) is 17.8. The maximum Gasteiger partial charge on any atom is 0.338 e. The molecule has 0 unspecified atom stereocenters. The number of carbonyl (C=O) groups is 2. The summed E-state index contributed by atoms with van der Waals surface area (Å²) in [4.78, 5) is 24.0. The maximum atomic E-state index is 12.1. The molecule has 2 aromatic rings. The molecule has 0 aliphatic carbocycles. The molecule has 3 rings (SSSR count). The van der Waals surface area contributed by atoms with Gasteiger partial charge in [0.2, 0.25) is 6.79 Å². The Hall–Kier alpha value is -3.02. The third kappa shape index (κ3) is 4.14. The summed E-state index contributed by atoms with van der Waals surface area (Å²) in [5.74, 6) is 0.0740. The van der Waals surface area contributed by atoms with Gasteiger partial charge >= 0.3 is 5.97 Å². The highest BCUT2D eigenvalue weighted by atomic mass is 16.7. The summed E-state index contributed by atoms with van der Waals surface area (Å²) < 4.78 is 15.5. The van der Waals surface area contributed by atoms with Crippen molar-refractivity contribution in [3.05, 3.63) is 53.6 Å². The molecule has 26 heavy (non-hydrogen) atoms. The molecule has 0 saturated carbocycles. The fourth-order valence-electron chi connectivity index (χ4n) is 2.49. The second kappa shape index (κ2) is 7.07. The number of nitrogens with one attached hydrogen (secondary N) is 1. The van der Waals surface area contributed by atoms with Gasteiger partial charge in [-0.2, -0.15) is 0 Å². The predicted molar refractivity (Wildman–Crippen MR) is 96.6 cm³/mol. The normalized spacial score (nSPS) is 12.6. The smallest absolute Gasteiger partial charge is 0.338 e. The molecule has 1 N–H and O–H groups in total. The summed E-state index contributed by atoms with van der Waals surface area (Å²) in [5.41, 5.74) is 2.17. The van der Waals surface area contributed by atoms with Crippen LogP contribution in [0.1, 0.15) is 36.7 Å². The average Bonchev–Trinajstić information content (AvgIpc) is 3.07. The van der Waals surface area contributed by atoms with Gasteiger partial charge in [0.05, 0.1) is 5.56 Å². The lowest BCUT2D eigenvalue weighted by Crippen LogP contribution is -2.21. The lowest BCUT2D eigenvalue weighted by Gasteiger charge is -2.19. The van der Waals surface area contributed by atoms with Crippen LogP contribution in [0.25, 0.3) is 0 Å². The number of carbonyl (C=O) groups excluding carboxylic acids is 2. The van der Waals surface area contributed by atoms with Crippen molar-refractivity contribution >= 4 is 17.6 Å². The van der Waals surface area contributed by atoms with E-state index in [1.54, 1.807) is 12.1 Å². The van der Waals surface area contributed by atoms with E-state index in [4.69, 9.17) is 14.2 Å². The van der Waals surface area contributed by atoms with Crippen LogP contribution in [0.4, 0.5) is 5.69 Å². The first-order valence-electron chi connectivity index (χ1n) is 8.30. The SMILES string of the molecule is CC(C)(C)c1ccc(NC(=O)COC(=O)c2ccc3c(c2)OCO3)cc1. The number of esters is 1. The van der Waals surface area contributed by atoms with E-state index in [0.717, 1.165) is 0 Å². The van der Waals surface area contributed by atoms with Crippen molar-refractivity contribution in [2.24, 2.45) is 0 Å². The number of rotatable bonds is 4. The minimum Gasteiger partial charge on any atom is -0.454 e. The monoisotopic (exact) mass is 355 g/mol. The molecule has 0 spiro atoms. The first-order chi connectivity index (χ1) is 12.3. The summed E-state index contributed by atoms with van der Waals surface area (Å²) in [6, 6.07) is 12.3. The van der Waals surface area contributed by atoms with Crippen molar-refractivity contribution in [2.75, 3.05) is 18.7 Å². The fraction of sp³-hybridized carbons (Fsp3) is 0.300. The van der Waals surface area contributed by atoms with E-state index in [1.807, 2.05) is 24.3 Å². The Balaban J connectivity index is 1.53. The van der Waals surface area contributed by atoms with E-state index in [-0.39, 0.29) is 18.8 Å². The summed E-state index contributed by atoms with van der Waals surface area (Å²) in [6.45, 7) is 6.13. The second-order valence-electron chi connectivity index (χ2n) is 7.02. The van der Waals surface area contributed by atoms with Gasteiger partial charge in [0.1, 0.15) is 0 Å². The number of anilines is 1. The summed E-state index contributed by atoms with van der Waals surface area (Å²) >= 11 is 0. The van der Waals surface area contributed by atoms with Crippen molar-refractivity contribution in [1.82, 2.24) is 0 Å². The number of ether oxygens (including phenoxy) is 3. The van der Waals surface area contributed by atoms with Crippen LogP contribution in [0.5, 0.6) is 11.5 Å². The topological polar surface area (TPSA) is 73.9 Å². The number of amides is 1. The standard InChI is InChI=1S/C20H21NO5/c1-20(2,3)14-5-7-15(8-6-14)21-18(22)11-24-19(23)13-4-9-16-17(10-13)26-12-25-16/h4-10H,11-12H2,1-3H3,(H,21,22). The fourth-order valence-corrected chi connectivity index (χ4v) is 2.49. The van der Waals surface area contributed by atoms with Gasteiger partial charge in [0.15, 0.2) is 18.1 Å². The molecule has 0 saturated heterocycles. The van der Waals surface area contributed by atoms with Gasteiger partial charge in [-0.25, -0.2) is 4.79 Å². The number of hydrogen-bond acceptors (Lipinski definition) is 5. The molecule has 6 nitrogen and oxygen atoms in total. The molecule has 136 valence electrons. The zero-order valence-corrected chi connectivity index (χ0v) is 15.0. The molecule has 1 amide bonds. The molecule has 0 radical (unpaired) electrons. The summed E-state index contributed by atoms with van der Waals surface area (Å²) in [5, 5.41) is 2.71. The van der Waals surface area contributed by atoms with Crippen molar-refractivity contribution in [3.63, 3.8) is 0 Å². The van der Waals surface area contributed by atoms with Gasteiger partial charge in [-0.3, -0.25) is 4.79 Å². The third-order valence-corrected chi connectivity index (χ3v) is 3.98. The van der Waals surface area contributed by atoms with E-state index in [1.165, 1.54) is 11.6 Å². The predicted octanol–water partition coefficient (Wildman–Crippen LogP) is 3.51. The second-order valence-corrected chi connectivity index (χ2v) is 7.02. The van der Waals surface area contributed by atoms with E-state index in [9.17, 15) is 9.59 Å². The molecule has 2 aromatic carbocycles. The highest BCUT2D eigenvalue weighted by Gasteiger charge is 2.18. The minimum atomic E-state index is -0.596. The average molecular weight is 355 g/mol. The van der Waals surface area contributed by atoms with Gasteiger partial charge in [0, 0.05) is 5.69 Å². The molecule has 0 atom stereocenters. The van der Waals surface area contributed by atoms with Crippen LogP contribution in [-0.4, -0.2) is 25.3 Å². The summed E-state index contributed by atoms with van der Waals surface area (Å²) in [7, 11) is 0. The van der Waals surface area contributed by atoms with Crippen LogP contribution in [0.15, 0.2) is 42.5 Å². The molecule has 0 fully saturated rings. The molecule has 1 heterocycles. The van der Waals surface area contributed by atoms with Crippen molar-refractivity contribution < 1.29 is 23.8 Å². The lowest BCUT2D eigenvalue weighted by molar-refractivity contribution is -0.119. The highest BCUT2D eigenvalue weighted by Crippen LogP contribution is 2.32. The summed E-state index contributed by atoms with van der Waals surface area (Å²) in [6.07, 6.45) is 0. The number of fused-ring (bicyclic) bond motifs is 1. The molecule has 6 heteroatoms. The van der Waals surface area contributed by atoms with Gasteiger partial charge in [-0.05, 0) is 41.3 Å². The minimum absolute atomic E-state index is 0.0443. The van der Waals surface area contributed by atoms with E-state index in [2.05, 4.69) is 26.1 Å². The van der Waals surface area contributed by atoms with Gasteiger partial charge < -0.3 is 19.5 Å². The van der Waals surface area contributed by atoms with Gasteiger partial charge in [0.25, 0.3) is 5.91 Å². The Kier molecular flexibility index (Phi) is 4.84. The van der Waals surface area contributed by atoms with Crippen LogP contribution in [0.2, 0.25) is 0 Å². The van der Waals surface area contributed by atoms with Gasteiger partial charge in [-0.15, -0.1) is 0 Å². The third-order valence-electron chi connectivity index (χ3n) is 3.98. The quantitative estimate of drug-likeness (QED) is 0.850. The molecular formula is C20H21NO5. The van der Waals surface area contributed by atoms with Crippen molar-refractivity contribution in [1.29, 1.82) is 0 Å². The molecule has 0 bridgehead atoms. The largest absolute Gasteiger partial charge is 0.454 e. The lowest BCUT2D eigenvalue weighted by atomic mass is 9.87. The van der Waals surface area contributed by atoms with E-state index in [0.29, 0.717) is 22.7 Å². The van der Waals surface area contributed by atoms with Crippen LogP contribution in [0, 0.1) is 0 Å². The Bertz CT molecular complexity index is 821. The van der Waals surface area contributed by atoms with Crippen molar-refractivity contribution in [3.8, 4) is 11.5 Å². The highest BCUT2D eigenvalue weighted by molar-refractivity contribution is 5.95. The zero-order valence-electron chi connectivity index (χ0n) is 15.0. The molecule has 1 aliphatic rings. The van der Waals surface area contributed by atoms with Crippen LogP contribution in [-0.2, 0) is 14.9 Å². The Morgan fingerprint density at radius 1 is 1.04 bits per heavy atom. The van der Waals surface area contributed by atoms with Crippen LogP contribution >= 0.6 is 0 Å². The van der Waals surface area contributed by atoms with E-state index >= 15 is 0 Å². The van der Waals surface area contributed by atoms with Gasteiger partial charge in [-0.1, -0.05) is 32.9 Å². The molecular weight excluding hydrogens is 334 g/mol. The van der Waals surface area contributed by atoms with E-state index < -0.39 is 11.9 Å². The Morgan fingerprint density at radius 2 is 1.73 bits per heavy atom. The number of hydrogen-bond donors (Lipinski definition) is 1. The zero-order chi connectivity index (χ0) is 18.7. The van der Waals surface area contributed by atoms with Crippen molar-refractivity contribution in [2.45, 2.75) is 26.2 Å². The molecule has 0 aromatic heterocycles. The molecule has 1 aliphatic heterocycles. The maximum absolute atomic E-state index is 12.1. The van der Waals surface area contributed by atoms with Crippen LogP contribution < -0.4 is 14.8 Å². The first-order valence-corrected chi connectivity index (χ1v) is 8.30. The number of benzene rings is 2. The van der Waals surface area contributed by atoms with Crippen LogP contribution in [0.3, 0.4) is 0 Å².